The topological polar surface area (TPSA) is 36.1 Å². The number of hydrogen-bond donors (Lipinski definition) is 1. The van der Waals surface area contributed by atoms with Gasteiger partial charge < -0.3 is 9.88 Å². The van der Waals surface area contributed by atoms with Crippen molar-refractivity contribution in [3.05, 3.63) is 93.3 Å². The highest BCUT2D eigenvalue weighted by Crippen LogP contribution is 2.40. The second-order valence-electron chi connectivity index (χ2n) is 7.31. The molecule has 0 saturated carbocycles. The SMILES string of the molecule is O=C(c1cccs1)N1CCc2c([nH]c3ccccc23)[C@@H]1c1ccc(C(F)(F)F)cc1. The summed E-state index contributed by atoms with van der Waals surface area (Å²) in [6.45, 7) is 0.497. The third-order valence-corrected chi connectivity index (χ3v) is 6.44. The predicted molar refractivity (Wildman–Crippen MR) is 111 cm³/mol. The second kappa shape index (κ2) is 7.02. The molecule has 3 heterocycles. The van der Waals surface area contributed by atoms with Gasteiger partial charge in [-0.3, -0.25) is 4.79 Å². The van der Waals surface area contributed by atoms with E-state index in [-0.39, 0.29) is 5.91 Å². The molecule has 2 aromatic carbocycles. The van der Waals surface area contributed by atoms with Gasteiger partial charge in [-0.2, -0.15) is 13.2 Å². The van der Waals surface area contributed by atoms with E-state index in [9.17, 15) is 18.0 Å². The Balaban J connectivity index is 1.65. The first-order valence-electron chi connectivity index (χ1n) is 9.54. The monoisotopic (exact) mass is 426 g/mol. The number of carbonyl (C=O) groups excluding carboxylic acids is 1. The van der Waals surface area contributed by atoms with Crippen molar-refractivity contribution in [1.29, 1.82) is 0 Å². The third-order valence-electron chi connectivity index (χ3n) is 5.58. The van der Waals surface area contributed by atoms with Crippen molar-refractivity contribution in [2.75, 3.05) is 6.54 Å². The van der Waals surface area contributed by atoms with Crippen LogP contribution in [0.4, 0.5) is 13.2 Å². The lowest BCUT2D eigenvalue weighted by Gasteiger charge is -2.36. The molecule has 0 bridgehead atoms. The van der Waals surface area contributed by atoms with Gasteiger partial charge in [0, 0.05) is 23.1 Å². The van der Waals surface area contributed by atoms with Crippen molar-refractivity contribution in [3.63, 3.8) is 0 Å². The Hall–Kier alpha value is -3.06. The number of thiophene rings is 1. The number of aromatic nitrogens is 1. The van der Waals surface area contributed by atoms with Crippen molar-refractivity contribution >= 4 is 28.1 Å². The van der Waals surface area contributed by atoms with Crippen LogP contribution in [0.1, 0.15) is 38.1 Å². The summed E-state index contributed by atoms with van der Waals surface area (Å²) in [5.74, 6) is -0.112. The third kappa shape index (κ3) is 3.10. The minimum absolute atomic E-state index is 0.112. The number of nitrogens with one attached hydrogen (secondary N) is 1. The fourth-order valence-electron chi connectivity index (χ4n) is 4.20. The summed E-state index contributed by atoms with van der Waals surface area (Å²) < 4.78 is 39.2. The number of nitrogens with zero attached hydrogens (tertiary/aromatic N) is 1. The summed E-state index contributed by atoms with van der Waals surface area (Å²) >= 11 is 1.36. The Labute approximate surface area is 174 Å². The van der Waals surface area contributed by atoms with Crippen molar-refractivity contribution < 1.29 is 18.0 Å². The molecule has 0 saturated heterocycles. The Bertz CT molecular complexity index is 1210. The zero-order valence-corrected chi connectivity index (χ0v) is 16.6. The van der Waals surface area contributed by atoms with E-state index in [1.807, 2.05) is 35.7 Å². The van der Waals surface area contributed by atoms with Gasteiger partial charge in [-0.05, 0) is 47.2 Å². The standard InChI is InChI=1S/C23H17F3N2OS/c24-23(25,26)15-9-7-14(8-10-15)21-20-17(16-4-1-2-5-18(16)27-20)11-12-28(21)22(29)19-6-3-13-30-19/h1-10,13,21,27H,11-12H2/t21-/m0/s1. The maximum atomic E-state index is 13.2. The fraction of sp³-hybridized carbons (Fsp3) is 0.174. The van der Waals surface area contributed by atoms with Gasteiger partial charge in [-0.25, -0.2) is 0 Å². The molecule has 2 aromatic heterocycles. The van der Waals surface area contributed by atoms with Crippen LogP contribution in [0, 0.1) is 0 Å². The first kappa shape index (κ1) is 18.9. The molecular weight excluding hydrogens is 409 g/mol. The first-order valence-corrected chi connectivity index (χ1v) is 10.4. The lowest BCUT2D eigenvalue weighted by molar-refractivity contribution is -0.137. The van der Waals surface area contributed by atoms with Crippen LogP contribution < -0.4 is 0 Å². The number of para-hydroxylation sites is 1. The highest BCUT2D eigenvalue weighted by molar-refractivity contribution is 7.12. The number of carbonyl (C=O) groups is 1. The molecule has 1 amide bonds. The summed E-state index contributed by atoms with van der Waals surface area (Å²) in [7, 11) is 0. The van der Waals surface area contributed by atoms with E-state index in [4.69, 9.17) is 0 Å². The Morgan fingerprint density at radius 1 is 1.03 bits per heavy atom. The van der Waals surface area contributed by atoms with E-state index in [1.165, 1.54) is 23.5 Å². The molecule has 1 aliphatic rings. The van der Waals surface area contributed by atoms with Crippen molar-refractivity contribution in [3.8, 4) is 0 Å². The van der Waals surface area contributed by atoms with Gasteiger partial charge in [-0.15, -0.1) is 11.3 Å². The molecule has 4 aromatic rings. The summed E-state index contributed by atoms with van der Waals surface area (Å²) in [4.78, 5) is 19.0. The highest BCUT2D eigenvalue weighted by atomic mass is 32.1. The average Bonchev–Trinajstić information content (AvgIpc) is 3.40. The van der Waals surface area contributed by atoms with Crippen molar-refractivity contribution in [2.45, 2.75) is 18.6 Å². The number of fused-ring (bicyclic) bond motifs is 3. The van der Waals surface area contributed by atoms with Gasteiger partial charge in [-0.1, -0.05) is 36.4 Å². The van der Waals surface area contributed by atoms with E-state index < -0.39 is 17.8 Å². The number of amides is 1. The van der Waals surface area contributed by atoms with Crippen LogP contribution in [0.5, 0.6) is 0 Å². The predicted octanol–water partition coefficient (Wildman–Crippen LogP) is 6.04. The van der Waals surface area contributed by atoms with Gasteiger partial charge in [0.25, 0.3) is 5.91 Å². The van der Waals surface area contributed by atoms with Gasteiger partial charge in [0.15, 0.2) is 0 Å². The van der Waals surface area contributed by atoms with E-state index >= 15 is 0 Å². The van der Waals surface area contributed by atoms with E-state index in [2.05, 4.69) is 4.98 Å². The Morgan fingerprint density at radius 3 is 2.50 bits per heavy atom. The fourth-order valence-corrected chi connectivity index (χ4v) is 4.88. The number of benzene rings is 2. The summed E-state index contributed by atoms with van der Waals surface area (Å²) in [5, 5.41) is 2.94. The van der Waals surface area contributed by atoms with Crippen molar-refractivity contribution in [1.82, 2.24) is 9.88 Å². The smallest absolute Gasteiger partial charge is 0.356 e. The second-order valence-corrected chi connectivity index (χ2v) is 8.26. The molecule has 0 radical (unpaired) electrons. The summed E-state index contributed by atoms with van der Waals surface area (Å²) in [6, 6.07) is 16.2. The summed E-state index contributed by atoms with van der Waals surface area (Å²) in [5.41, 5.74) is 2.90. The van der Waals surface area contributed by atoms with E-state index in [0.717, 1.165) is 34.3 Å². The molecule has 1 aliphatic heterocycles. The number of halogens is 3. The molecule has 152 valence electrons. The van der Waals surface area contributed by atoms with Crippen LogP contribution in [-0.2, 0) is 12.6 Å². The van der Waals surface area contributed by atoms with Gasteiger partial charge in [0.1, 0.15) is 0 Å². The number of H-pyrrole nitrogens is 1. The van der Waals surface area contributed by atoms with Gasteiger partial charge >= 0.3 is 6.18 Å². The molecule has 30 heavy (non-hydrogen) atoms. The number of rotatable bonds is 2. The van der Waals surface area contributed by atoms with Crippen LogP contribution in [-0.4, -0.2) is 22.3 Å². The maximum absolute atomic E-state index is 13.2. The Kier molecular flexibility index (Phi) is 4.43. The summed E-state index contributed by atoms with van der Waals surface area (Å²) in [6.07, 6.45) is -3.71. The molecule has 1 atom stereocenters. The first-order chi connectivity index (χ1) is 14.4. The van der Waals surface area contributed by atoms with Gasteiger partial charge in [0.2, 0.25) is 0 Å². The number of aromatic amines is 1. The van der Waals surface area contributed by atoms with Crippen LogP contribution in [0.3, 0.4) is 0 Å². The quantitative estimate of drug-likeness (QED) is 0.417. The largest absolute Gasteiger partial charge is 0.416 e. The van der Waals surface area contributed by atoms with E-state index in [1.54, 1.807) is 11.0 Å². The molecule has 1 N–H and O–H groups in total. The molecule has 3 nitrogen and oxygen atoms in total. The van der Waals surface area contributed by atoms with E-state index in [0.29, 0.717) is 23.4 Å². The van der Waals surface area contributed by atoms with Crippen LogP contribution in [0.15, 0.2) is 66.0 Å². The molecule has 0 aliphatic carbocycles. The maximum Gasteiger partial charge on any atom is 0.416 e. The molecule has 0 fully saturated rings. The molecule has 7 heteroatoms. The van der Waals surface area contributed by atoms with Crippen LogP contribution in [0.2, 0.25) is 0 Å². The minimum atomic E-state index is -4.40. The molecule has 0 spiro atoms. The zero-order chi connectivity index (χ0) is 20.9. The van der Waals surface area contributed by atoms with Crippen LogP contribution >= 0.6 is 11.3 Å². The molecule has 0 unspecified atom stereocenters. The van der Waals surface area contributed by atoms with Crippen LogP contribution in [0.25, 0.3) is 10.9 Å². The Morgan fingerprint density at radius 2 is 1.80 bits per heavy atom. The lowest BCUT2D eigenvalue weighted by Crippen LogP contribution is -2.40. The normalized spacial score (nSPS) is 16.6. The lowest BCUT2D eigenvalue weighted by atomic mass is 9.91. The highest BCUT2D eigenvalue weighted by Gasteiger charge is 2.36. The molecule has 5 rings (SSSR count). The number of hydrogen-bond acceptors (Lipinski definition) is 2. The average molecular weight is 426 g/mol. The number of alkyl halides is 3. The minimum Gasteiger partial charge on any atom is -0.356 e. The zero-order valence-electron chi connectivity index (χ0n) is 15.7. The molecular formula is C23H17F3N2OS. The van der Waals surface area contributed by atoms with Crippen molar-refractivity contribution in [2.24, 2.45) is 0 Å². The van der Waals surface area contributed by atoms with Gasteiger partial charge in [0.05, 0.1) is 16.5 Å².